The molecular weight excluding hydrogens is 334 g/mol. The van der Waals surface area contributed by atoms with Crippen LogP contribution >= 0.6 is 0 Å². The highest BCUT2D eigenvalue weighted by Gasteiger charge is 2.43. The van der Waals surface area contributed by atoms with Crippen LogP contribution in [0.4, 0.5) is 0 Å². The number of allylic oxidation sites excluding steroid dienone is 4. The first-order valence-electron chi connectivity index (χ1n) is 9.76. The van der Waals surface area contributed by atoms with Crippen molar-refractivity contribution in [1.82, 2.24) is 4.98 Å². The Labute approximate surface area is 158 Å². The summed E-state index contributed by atoms with van der Waals surface area (Å²) in [7, 11) is 0. The summed E-state index contributed by atoms with van der Waals surface area (Å²) in [6.45, 7) is 2.08. The summed E-state index contributed by atoms with van der Waals surface area (Å²) in [6.07, 6.45) is 5.91. The van der Waals surface area contributed by atoms with Crippen molar-refractivity contribution in [1.29, 1.82) is 0 Å². The molecule has 5 rings (SSSR count). The zero-order valence-electron chi connectivity index (χ0n) is 15.4. The van der Waals surface area contributed by atoms with Crippen molar-refractivity contribution in [2.75, 3.05) is 0 Å². The Hall–Kier alpha value is -2.81. The number of rotatable bonds is 2. The number of fused-ring (bicyclic) bond motifs is 2. The van der Waals surface area contributed by atoms with E-state index in [1.807, 2.05) is 36.5 Å². The number of ketones is 2. The van der Waals surface area contributed by atoms with E-state index in [9.17, 15) is 9.59 Å². The average Bonchev–Trinajstić information content (AvgIpc) is 2.99. The maximum Gasteiger partial charge on any atom is 0.190 e. The summed E-state index contributed by atoms with van der Waals surface area (Å²) in [5.74, 6) is 0.0149. The first-order chi connectivity index (χ1) is 13.2. The third-order valence-electron chi connectivity index (χ3n) is 6.14. The van der Waals surface area contributed by atoms with E-state index in [2.05, 4.69) is 18.0 Å². The fourth-order valence-electron chi connectivity index (χ4n) is 4.85. The highest BCUT2D eigenvalue weighted by molar-refractivity contribution is 6.23. The molecule has 2 aromatic rings. The lowest BCUT2D eigenvalue weighted by Crippen LogP contribution is -2.25. The molecule has 3 nitrogen and oxygen atoms in total. The number of aryl methyl sites for hydroxylation is 1. The van der Waals surface area contributed by atoms with Crippen molar-refractivity contribution in [3.63, 3.8) is 0 Å². The molecule has 1 aromatic carbocycles. The number of hydrogen-bond donors (Lipinski definition) is 0. The fourth-order valence-corrected chi connectivity index (χ4v) is 4.85. The summed E-state index contributed by atoms with van der Waals surface area (Å²) in [6, 6.07) is 11.9. The first-order valence-corrected chi connectivity index (χ1v) is 9.76. The minimum atomic E-state index is -0.269. The maximum atomic E-state index is 13.3. The van der Waals surface area contributed by atoms with Crippen molar-refractivity contribution < 1.29 is 9.59 Å². The van der Waals surface area contributed by atoms with Gasteiger partial charge in [0, 0.05) is 40.9 Å². The van der Waals surface area contributed by atoms with Crippen LogP contribution in [0.2, 0.25) is 0 Å². The van der Waals surface area contributed by atoms with E-state index in [1.54, 1.807) is 0 Å². The Bertz CT molecular complexity index is 1040. The van der Waals surface area contributed by atoms with E-state index in [4.69, 9.17) is 0 Å². The lowest BCUT2D eigenvalue weighted by molar-refractivity contribution is -0.116. The van der Waals surface area contributed by atoms with Crippen molar-refractivity contribution in [2.24, 2.45) is 0 Å². The van der Waals surface area contributed by atoms with Gasteiger partial charge in [-0.15, -0.1) is 0 Å². The SMILES string of the molecule is CCc1ccc(C2C3=C(CCCC3=O)CC3=C2C(=O)c2ccccc23)cn1. The van der Waals surface area contributed by atoms with Crippen LogP contribution in [0.1, 0.15) is 65.7 Å². The normalized spacial score (nSPS) is 21.3. The zero-order valence-corrected chi connectivity index (χ0v) is 15.4. The van der Waals surface area contributed by atoms with Gasteiger partial charge < -0.3 is 0 Å². The second-order valence-corrected chi connectivity index (χ2v) is 7.61. The Morgan fingerprint density at radius 2 is 1.81 bits per heavy atom. The predicted octanol–water partition coefficient (Wildman–Crippen LogP) is 4.83. The molecule has 1 aromatic heterocycles. The van der Waals surface area contributed by atoms with Gasteiger partial charge in [0.15, 0.2) is 11.6 Å². The van der Waals surface area contributed by atoms with Crippen LogP contribution in [-0.4, -0.2) is 16.6 Å². The summed E-state index contributed by atoms with van der Waals surface area (Å²) in [5.41, 5.74) is 7.82. The van der Waals surface area contributed by atoms with E-state index >= 15 is 0 Å². The monoisotopic (exact) mass is 355 g/mol. The van der Waals surface area contributed by atoms with Crippen LogP contribution in [0.3, 0.4) is 0 Å². The quantitative estimate of drug-likeness (QED) is 0.775. The van der Waals surface area contributed by atoms with Crippen molar-refractivity contribution >= 4 is 17.1 Å². The summed E-state index contributed by atoms with van der Waals surface area (Å²) in [5, 5.41) is 0. The average molecular weight is 355 g/mol. The van der Waals surface area contributed by atoms with Gasteiger partial charge in [-0.2, -0.15) is 0 Å². The number of Topliss-reactive ketones (excluding diaryl/α,β-unsaturated/α-hetero) is 2. The van der Waals surface area contributed by atoms with Gasteiger partial charge in [0.25, 0.3) is 0 Å². The minimum Gasteiger partial charge on any atom is -0.295 e. The molecule has 134 valence electrons. The Morgan fingerprint density at radius 3 is 2.56 bits per heavy atom. The van der Waals surface area contributed by atoms with E-state index in [0.717, 1.165) is 64.8 Å². The number of aromatic nitrogens is 1. The van der Waals surface area contributed by atoms with E-state index < -0.39 is 0 Å². The van der Waals surface area contributed by atoms with Gasteiger partial charge in [-0.3, -0.25) is 14.6 Å². The fraction of sp³-hybridized carbons (Fsp3) is 0.292. The number of benzene rings is 1. The molecule has 1 unspecified atom stereocenters. The van der Waals surface area contributed by atoms with Crippen molar-refractivity contribution in [3.05, 3.63) is 81.7 Å². The molecule has 1 heterocycles. The molecule has 0 N–H and O–H groups in total. The highest BCUT2D eigenvalue weighted by Crippen LogP contribution is 2.52. The summed E-state index contributed by atoms with van der Waals surface area (Å²) >= 11 is 0. The van der Waals surface area contributed by atoms with Gasteiger partial charge in [-0.1, -0.05) is 42.8 Å². The number of hydrogen-bond acceptors (Lipinski definition) is 3. The molecule has 0 spiro atoms. The smallest absolute Gasteiger partial charge is 0.190 e. The van der Waals surface area contributed by atoms with Crippen LogP contribution in [0.15, 0.2) is 59.3 Å². The molecule has 0 amide bonds. The van der Waals surface area contributed by atoms with E-state index in [1.165, 1.54) is 5.57 Å². The van der Waals surface area contributed by atoms with E-state index in [0.29, 0.717) is 6.42 Å². The molecule has 0 aliphatic heterocycles. The Morgan fingerprint density at radius 1 is 1.00 bits per heavy atom. The van der Waals surface area contributed by atoms with Gasteiger partial charge in [-0.25, -0.2) is 0 Å². The summed E-state index contributed by atoms with van der Waals surface area (Å²) in [4.78, 5) is 30.8. The van der Waals surface area contributed by atoms with Crippen LogP contribution in [0, 0.1) is 0 Å². The van der Waals surface area contributed by atoms with Gasteiger partial charge in [-0.05, 0) is 48.4 Å². The lowest BCUT2D eigenvalue weighted by atomic mass is 9.70. The topological polar surface area (TPSA) is 47.0 Å². The maximum absolute atomic E-state index is 13.3. The lowest BCUT2D eigenvalue weighted by Gasteiger charge is -2.32. The molecule has 27 heavy (non-hydrogen) atoms. The summed E-state index contributed by atoms with van der Waals surface area (Å²) < 4.78 is 0. The van der Waals surface area contributed by atoms with Gasteiger partial charge in [0.05, 0.1) is 0 Å². The number of carbonyl (C=O) groups is 2. The Balaban J connectivity index is 1.72. The standard InChI is InChI=1S/C24H21NO2/c1-2-16-11-10-15(13-25-16)22-21-14(6-5-9-20(21)26)12-19-17-7-3-4-8-18(17)24(27)23(19)22/h3-4,7-8,10-11,13,22H,2,5-6,9,12H2,1H3. The van der Waals surface area contributed by atoms with Crippen LogP contribution in [-0.2, 0) is 11.2 Å². The molecule has 3 heteroatoms. The molecule has 1 atom stereocenters. The first kappa shape index (κ1) is 16.4. The largest absolute Gasteiger partial charge is 0.295 e. The number of nitrogens with zero attached hydrogens (tertiary/aromatic N) is 1. The molecule has 0 fully saturated rings. The second kappa shape index (κ2) is 6.12. The van der Waals surface area contributed by atoms with Crippen LogP contribution in [0.5, 0.6) is 0 Å². The third kappa shape index (κ3) is 2.38. The molecular formula is C24H21NO2. The highest BCUT2D eigenvalue weighted by atomic mass is 16.1. The van der Waals surface area contributed by atoms with Crippen molar-refractivity contribution in [2.45, 2.75) is 44.9 Å². The van der Waals surface area contributed by atoms with Gasteiger partial charge >= 0.3 is 0 Å². The molecule has 0 saturated carbocycles. The van der Waals surface area contributed by atoms with Crippen LogP contribution in [0.25, 0.3) is 5.57 Å². The third-order valence-corrected chi connectivity index (χ3v) is 6.14. The number of carbonyl (C=O) groups excluding carboxylic acids is 2. The zero-order chi connectivity index (χ0) is 18.5. The predicted molar refractivity (Wildman–Crippen MR) is 105 cm³/mol. The van der Waals surface area contributed by atoms with Gasteiger partial charge in [0.2, 0.25) is 0 Å². The minimum absolute atomic E-state index is 0.0788. The molecule has 0 bridgehead atoms. The molecule has 3 aliphatic carbocycles. The van der Waals surface area contributed by atoms with Crippen molar-refractivity contribution in [3.8, 4) is 0 Å². The Kier molecular flexibility index (Phi) is 3.71. The van der Waals surface area contributed by atoms with Gasteiger partial charge in [0.1, 0.15) is 0 Å². The molecule has 0 radical (unpaired) electrons. The molecule has 3 aliphatic rings. The van der Waals surface area contributed by atoms with Crippen LogP contribution < -0.4 is 0 Å². The molecule has 0 saturated heterocycles. The number of pyridine rings is 1. The van der Waals surface area contributed by atoms with E-state index in [-0.39, 0.29) is 17.5 Å². The second-order valence-electron chi connectivity index (χ2n) is 7.61.